The number of nitrogens with zero attached hydrogens (tertiary/aromatic N) is 4. The van der Waals surface area contributed by atoms with Crippen molar-refractivity contribution in [3.8, 4) is 0 Å². The van der Waals surface area contributed by atoms with Crippen molar-refractivity contribution < 1.29 is 13.5 Å². The van der Waals surface area contributed by atoms with Gasteiger partial charge in [0.05, 0.1) is 0 Å². The average Bonchev–Trinajstić information content (AvgIpc) is 3.90. The Morgan fingerprint density at radius 3 is 1.35 bits per heavy atom. The van der Waals surface area contributed by atoms with E-state index in [9.17, 15) is 0 Å². The summed E-state index contributed by atoms with van der Waals surface area (Å²) < 4.78 is 3.97. The van der Waals surface area contributed by atoms with Crippen LogP contribution in [0, 0.1) is 60.0 Å². The zero-order valence-corrected chi connectivity index (χ0v) is 38.4. The molecule has 2 fully saturated rings. The SMILES string of the molecule is Brc1cccnc1.Brc1cccnc1.C1=CC2CCC1C2.Cc1cc(C)c(N2[CH-]N(c3c(C)cc(C)cc3C)CC2)c(C)c1.[Cl][Ru]([Cl])=[CH]c1ccccc1. The van der Waals surface area contributed by atoms with E-state index in [0.29, 0.717) is 0 Å². The van der Waals surface area contributed by atoms with Crippen molar-refractivity contribution in [3.63, 3.8) is 0 Å². The van der Waals surface area contributed by atoms with Crippen molar-refractivity contribution in [1.29, 1.82) is 0 Å². The number of pyridine rings is 2. The second kappa shape index (κ2) is 22.8. The van der Waals surface area contributed by atoms with Crippen LogP contribution >= 0.6 is 51.2 Å². The minimum absolute atomic E-state index is 0.991. The van der Waals surface area contributed by atoms with Gasteiger partial charge in [0.2, 0.25) is 0 Å². The van der Waals surface area contributed by atoms with Crippen LogP contribution in [0.2, 0.25) is 0 Å². The Balaban J connectivity index is 0.000000171. The zero-order valence-electron chi connectivity index (χ0n) is 32.0. The minimum atomic E-state index is -1.61. The van der Waals surface area contributed by atoms with Gasteiger partial charge in [-0.05, 0) is 151 Å². The number of hydrogen-bond donors (Lipinski definition) is 0. The Kier molecular flexibility index (Phi) is 18.6. The van der Waals surface area contributed by atoms with E-state index in [4.69, 9.17) is 19.4 Å². The number of benzene rings is 3. The van der Waals surface area contributed by atoms with Crippen LogP contribution in [0.3, 0.4) is 0 Å². The Bertz CT molecular complexity index is 1800. The molecule has 0 radical (unpaired) electrons. The van der Waals surface area contributed by atoms with Gasteiger partial charge in [0, 0.05) is 58.2 Å². The number of aryl methyl sites for hydroxylation is 6. The fourth-order valence-corrected chi connectivity index (χ4v) is 9.47. The molecule has 54 heavy (non-hydrogen) atoms. The van der Waals surface area contributed by atoms with Gasteiger partial charge in [-0.1, -0.05) is 47.5 Å². The summed E-state index contributed by atoms with van der Waals surface area (Å²) in [7, 11) is 11.3. The molecule has 0 amide bonds. The van der Waals surface area contributed by atoms with E-state index in [2.05, 4.69) is 136 Å². The first-order valence-electron chi connectivity index (χ1n) is 18.1. The molecule has 0 spiro atoms. The molecule has 2 bridgehead atoms. The van der Waals surface area contributed by atoms with Crippen molar-refractivity contribution in [2.45, 2.75) is 60.8 Å². The molecule has 3 heterocycles. The van der Waals surface area contributed by atoms with Crippen molar-refractivity contribution >= 4 is 67.2 Å². The first kappa shape index (κ1) is 44.1. The van der Waals surface area contributed by atoms with Crippen LogP contribution in [-0.4, -0.2) is 27.7 Å². The summed E-state index contributed by atoms with van der Waals surface area (Å²) >= 11 is 4.88. The molecule has 1 aliphatic heterocycles. The molecule has 2 unspecified atom stereocenters. The maximum absolute atomic E-state index is 5.67. The molecule has 2 aliphatic carbocycles. The van der Waals surface area contributed by atoms with Crippen molar-refractivity contribution in [2.75, 3.05) is 22.9 Å². The monoisotopic (exact) mass is 977 g/mol. The predicted octanol–water partition coefficient (Wildman–Crippen LogP) is 13.4. The van der Waals surface area contributed by atoms with Crippen LogP contribution in [-0.2, 0) is 13.5 Å². The summed E-state index contributed by atoms with van der Waals surface area (Å²) in [6.07, 6.45) is 16.2. The number of aromatic nitrogens is 2. The maximum atomic E-state index is 5.67. The van der Waals surface area contributed by atoms with E-state index in [0.717, 1.165) is 39.4 Å². The van der Waals surface area contributed by atoms with Gasteiger partial charge in [0.15, 0.2) is 0 Å². The topological polar surface area (TPSA) is 32.3 Å². The van der Waals surface area contributed by atoms with Crippen molar-refractivity contribution in [1.82, 2.24) is 9.97 Å². The standard InChI is InChI=1S/C21H27N2.C7H10.C7H6.2C5H4BrN.2ClH.Ru/c1-14-9-16(3)20(17(4)10-14)22-7-8-23(13-22)21-18(5)11-15(2)12-19(21)6;1-2-7-4-3-6(1)5-7;1-7-5-3-2-4-6-7;2*6-5-2-1-3-7-4-5;;;/h9-13H,7-8H2,1-6H3;1-2,6-7H,3-5H2;1-6H;2*1-4H;2*1H;/q-1;;;;;;;+2/p-2. The van der Waals surface area contributed by atoms with Gasteiger partial charge in [-0.2, -0.15) is 6.67 Å². The van der Waals surface area contributed by atoms with Crippen LogP contribution in [0.15, 0.2) is 125 Å². The summed E-state index contributed by atoms with van der Waals surface area (Å²) in [4.78, 5) is 12.5. The van der Waals surface area contributed by atoms with Gasteiger partial charge in [0.25, 0.3) is 0 Å². The van der Waals surface area contributed by atoms with E-state index >= 15 is 0 Å². The molecule has 5 aromatic rings. The van der Waals surface area contributed by atoms with Gasteiger partial charge in [0.1, 0.15) is 0 Å². The molecule has 2 aromatic heterocycles. The summed E-state index contributed by atoms with van der Waals surface area (Å²) in [5.41, 5.74) is 12.0. The van der Waals surface area contributed by atoms with Gasteiger partial charge < -0.3 is 9.80 Å². The van der Waals surface area contributed by atoms with E-state index in [-0.39, 0.29) is 0 Å². The first-order chi connectivity index (χ1) is 25.9. The molecule has 9 heteroatoms. The predicted molar refractivity (Wildman–Crippen MR) is 237 cm³/mol. The van der Waals surface area contributed by atoms with E-state index in [1.54, 1.807) is 24.8 Å². The van der Waals surface area contributed by atoms with Crippen LogP contribution in [0.4, 0.5) is 11.4 Å². The molecule has 8 rings (SSSR count). The molecule has 3 aliphatic rings. The quantitative estimate of drug-likeness (QED) is 0.102. The Morgan fingerprint density at radius 2 is 1.07 bits per heavy atom. The van der Waals surface area contributed by atoms with Gasteiger partial charge in [-0.3, -0.25) is 9.97 Å². The molecule has 0 N–H and O–H groups in total. The number of hydrogen-bond acceptors (Lipinski definition) is 4. The molecule has 2 atom stereocenters. The van der Waals surface area contributed by atoms with Crippen molar-refractivity contribution in [2.24, 2.45) is 11.8 Å². The summed E-state index contributed by atoms with van der Waals surface area (Å²) in [5.74, 6) is 1.98. The average molecular weight is 980 g/mol. The van der Waals surface area contributed by atoms with Gasteiger partial charge in [-0.15, -0.1) is 0 Å². The number of fused-ring (bicyclic) bond motifs is 2. The van der Waals surface area contributed by atoms with Crippen LogP contribution in [0.5, 0.6) is 0 Å². The molecule has 1 saturated heterocycles. The summed E-state index contributed by atoms with van der Waals surface area (Å²) in [6, 6.07) is 26.6. The van der Waals surface area contributed by atoms with E-state index < -0.39 is 13.5 Å². The second-order valence-corrected chi connectivity index (χ2v) is 21.3. The van der Waals surface area contributed by atoms with Gasteiger partial charge in [-0.25, -0.2) is 0 Å². The number of halogens is 4. The Labute approximate surface area is 353 Å². The fraction of sp³-hybridized carbons (Fsp3) is 0.289. The third-order valence-corrected chi connectivity index (χ3v) is 11.9. The third kappa shape index (κ3) is 14.8. The molecule has 3 aromatic carbocycles. The van der Waals surface area contributed by atoms with Crippen LogP contribution in [0.25, 0.3) is 0 Å². The van der Waals surface area contributed by atoms with E-state index in [1.165, 1.54) is 64.0 Å². The first-order valence-corrected chi connectivity index (χ1v) is 25.2. The zero-order chi connectivity index (χ0) is 39.0. The molecule has 288 valence electrons. The molecular formula is C45H51Br2Cl2N4Ru-. The third-order valence-electron chi connectivity index (χ3n) is 9.12. The van der Waals surface area contributed by atoms with Crippen LogP contribution < -0.4 is 9.80 Å². The normalized spacial score (nSPS) is 16.4. The molecular weight excluding hydrogens is 928 g/mol. The van der Waals surface area contributed by atoms with E-state index in [1.807, 2.05) is 59.2 Å². The summed E-state index contributed by atoms with van der Waals surface area (Å²) in [5, 5.41) is 0. The molecule has 4 nitrogen and oxygen atoms in total. The second-order valence-electron chi connectivity index (χ2n) is 13.8. The van der Waals surface area contributed by atoms with Crippen molar-refractivity contribution in [3.05, 3.63) is 170 Å². The van der Waals surface area contributed by atoms with Gasteiger partial charge >= 0.3 is 73.4 Å². The molecule has 1 saturated carbocycles. The Hall–Kier alpha value is -2.67. The Morgan fingerprint density at radius 1 is 0.648 bits per heavy atom. The van der Waals surface area contributed by atoms with Crippen LogP contribution in [0.1, 0.15) is 58.2 Å². The number of rotatable bonds is 3. The number of allylic oxidation sites excluding steroid dienone is 2. The summed E-state index contributed by atoms with van der Waals surface area (Å²) in [6.45, 7) is 17.6. The fourth-order valence-electron chi connectivity index (χ4n) is 7.10. The number of anilines is 2.